The summed E-state index contributed by atoms with van der Waals surface area (Å²) in [5.41, 5.74) is 2.26. The van der Waals surface area contributed by atoms with Crippen LogP contribution in [0.15, 0.2) is 42.6 Å². The summed E-state index contributed by atoms with van der Waals surface area (Å²) in [6.07, 6.45) is 6.59. The molecule has 1 aromatic carbocycles. The second kappa shape index (κ2) is 7.47. The summed E-state index contributed by atoms with van der Waals surface area (Å²) in [5, 5.41) is 6.99. The molecule has 120 valence electrons. The minimum atomic E-state index is -0.194. The minimum Gasteiger partial charge on any atom is -0.382 e. The average Bonchev–Trinajstić information content (AvgIpc) is 3.07. The number of benzene rings is 1. The lowest BCUT2D eigenvalue weighted by molar-refractivity contribution is 0.0946. The molecular formula is C18H20ClN3O. The topological polar surface area (TPSA) is 54.0 Å². The highest BCUT2D eigenvalue weighted by Crippen LogP contribution is 2.22. The maximum atomic E-state index is 12.3. The first-order valence-electron chi connectivity index (χ1n) is 7.96. The number of carbonyl (C=O) groups excluding carboxylic acids is 1. The SMILES string of the molecule is O=C(NCc1ccccc1Cl)c1cc(NC2CCCC2)ccn1. The number of carbonyl (C=O) groups is 1. The predicted molar refractivity (Wildman–Crippen MR) is 92.7 cm³/mol. The molecule has 0 unspecified atom stereocenters. The first kappa shape index (κ1) is 15.8. The lowest BCUT2D eigenvalue weighted by atomic mass is 10.2. The maximum absolute atomic E-state index is 12.3. The van der Waals surface area contributed by atoms with Crippen LogP contribution in [0.25, 0.3) is 0 Å². The molecule has 23 heavy (non-hydrogen) atoms. The van der Waals surface area contributed by atoms with Crippen LogP contribution in [0.5, 0.6) is 0 Å². The van der Waals surface area contributed by atoms with E-state index in [-0.39, 0.29) is 5.91 Å². The fraction of sp³-hybridized carbons (Fsp3) is 0.333. The standard InChI is InChI=1S/C18H20ClN3O/c19-16-8-4-1-5-13(16)12-21-18(23)17-11-15(9-10-20-17)22-14-6-2-3-7-14/h1,4-5,8-11,14H,2-3,6-7,12H2,(H,20,22)(H,21,23). The van der Waals surface area contributed by atoms with Crippen molar-refractivity contribution in [3.63, 3.8) is 0 Å². The van der Waals surface area contributed by atoms with Gasteiger partial charge in [-0.25, -0.2) is 0 Å². The second-order valence-electron chi connectivity index (χ2n) is 5.83. The van der Waals surface area contributed by atoms with E-state index < -0.39 is 0 Å². The molecule has 1 fully saturated rings. The molecule has 1 aliphatic carbocycles. The highest BCUT2D eigenvalue weighted by Gasteiger charge is 2.15. The quantitative estimate of drug-likeness (QED) is 0.871. The van der Waals surface area contributed by atoms with Gasteiger partial charge in [-0.2, -0.15) is 0 Å². The van der Waals surface area contributed by atoms with E-state index in [1.54, 1.807) is 12.3 Å². The summed E-state index contributed by atoms with van der Waals surface area (Å²) in [5.74, 6) is -0.194. The average molecular weight is 330 g/mol. The highest BCUT2D eigenvalue weighted by atomic mass is 35.5. The van der Waals surface area contributed by atoms with Crippen molar-refractivity contribution >= 4 is 23.2 Å². The normalized spacial score (nSPS) is 14.7. The molecule has 1 amide bonds. The summed E-state index contributed by atoms with van der Waals surface area (Å²) in [6, 6.07) is 11.7. The van der Waals surface area contributed by atoms with Gasteiger partial charge in [-0.05, 0) is 36.6 Å². The summed E-state index contributed by atoms with van der Waals surface area (Å²) in [6.45, 7) is 0.389. The van der Waals surface area contributed by atoms with Gasteiger partial charge in [-0.1, -0.05) is 42.6 Å². The molecule has 2 N–H and O–H groups in total. The van der Waals surface area contributed by atoms with Gasteiger partial charge < -0.3 is 10.6 Å². The van der Waals surface area contributed by atoms with E-state index in [1.807, 2.05) is 30.3 Å². The van der Waals surface area contributed by atoms with Crippen molar-refractivity contribution in [3.8, 4) is 0 Å². The number of anilines is 1. The summed E-state index contributed by atoms with van der Waals surface area (Å²) in [7, 11) is 0. The lowest BCUT2D eigenvalue weighted by Crippen LogP contribution is -2.24. The number of nitrogens with one attached hydrogen (secondary N) is 2. The van der Waals surface area contributed by atoms with Crippen LogP contribution in [0.2, 0.25) is 5.02 Å². The molecule has 0 radical (unpaired) electrons. The minimum absolute atomic E-state index is 0.194. The zero-order valence-electron chi connectivity index (χ0n) is 12.9. The molecule has 1 aliphatic rings. The van der Waals surface area contributed by atoms with Crippen LogP contribution >= 0.6 is 11.6 Å². The number of aromatic nitrogens is 1. The number of amides is 1. The van der Waals surface area contributed by atoms with Gasteiger partial charge >= 0.3 is 0 Å². The van der Waals surface area contributed by atoms with Crippen molar-refractivity contribution < 1.29 is 4.79 Å². The molecule has 1 saturated carbocycles. The molecule has 1 heterocycles. The third-order valence-corrected chi connectivity index (χ3v) is 4.48. The predicted octanol–water partition coefficient (Wildman–Crippen LogP) is 4.02. The second-order valence-corrected chi connectivity index (χ2v) is 6.24. The Balaban J connectivity index is 1.61. The van der Waals surface area contributed by atoms with Gasteiger partial charge in [0.05, 0.1) is 0 Å². The van der Waals surface area contributed by atoms with E-state index in [0.717, 1.165) is 11.3 Å². The molecular weight excluding hydrogens is 310 g/mol. The Hall–Kier alpha value is -2.07. The Kier molecular flexibility index (Phi) is 5.13. The van der Waals surface area contributed by atoms with Crippen LogP contribution in [0, 0.1) is 0 Å². The molecule has 3 rings (SSSR count). The van der Waals surface area contributed by atoms with Crippen molar-refractivity contribution in [1.82, 2.24) is 10.3 Å². The summed E-state index contributed by atoms with van der Waals surface area (Å²) in [4.78, 5) is 16.4. The van der Waals surface area contributed by atoms with Crippen LogP contribution in [0.4, 0.5) is 5.69 Å². The smallest absolute Gasteiger partial charge is 0.270 e. The molecule has 0 aliphatic heterocycles. The van der Waals surface area contributed by atoms with Gasteiger partial charge in [0.1, 0.15) is 5.69 Å². The number of hydrogen-bond acceptors (Lipinski definition) is 3. The van der Waals surface area contributed by atoms with E-state index in [4.69, 9.17) is 11.6 Å². The molecule has 0 bridgehead atoms. The van der Waals surface area contributed by atoms with Gasteiger partial charge in [0.15, 0.2) is 0 Å². The van der Waals surface area contributed by atoms with Crippen LogP contribution in [-0.4, -0.2) is 16.9 Å². The zero-order chi connectivity index (χ0) is 16.1. The van der Waals surface area contributed by atoms with E-state index in [9.17, 15) is 4.79 Å². The number of rotatable bonds is 5. The monoisotopic (exact) mass is 329 g/mol. The molecule has 5 heteroatoms. The van der Waals surface area contributed by atoms with Crippen molar-refractivity contribution in [3.05, 3.63) is 58.9 Å². The first-order valence-corrected chi connectivity index (χ1v) is 8.34. The Labute approximate surface area is 141 Å². The Bertz CT molecular complexity index is 683. The molecule has 0 saturated heterocycles. The van der Waals surface area contributed by atoms with Crippen LogP contribution < -0.4 is 10.6 Å². The number of pyridine rings is 1. The van der Waals surface area contributed by atoms with Gasteiger partial charge in [0.2, 0.25) is 0 Å². The Morgan fingerprint density at radius 3 is 2.78 bits per heavy atom. The van der Waals surface area contributed by atoms with Crippen molar-refractivity contribution in [2.45, 2.75) is 38.3 Å². The molecule has 4 nitrogen and oxygen atoms in total. The molecule has 2 aromatic rings. The Morgan fingerprint density at radius 2 is 2.00 bits per heavy atom. The highest BCUT2D eigenvalue weighted by molar-refractivity contribution is 6.31. The van der Waals surface area contributed by atoms with Gasteiger partial charge in [0.25, 0.3) is 5.91 Å². The fourth-order valence-corrected chi connectivity index (χ4v) is 3.06. The van der Waals surface area contributed by atoms with Crippen molar-refractivity contribution in [2.75, 3.05) is 5.32 Å². The first-order chi connectivity index (χ1) is 11.2. The third kappa shape index (κ3) is 4.23. The number of hydrogen-bond donors (Lipinski definition) is 2. The van der Waals surface area contributed by atoms with Gasteiger partial charge in [-0.3, -0.25) is 9.78 Å². The van der Waals surface area contributed by atoms with E-state index in [0.29, 0.717) is 23.3 Å². The van der Waals surface area contributed by atoms with Crippen molar-refractivity contribution in [2.24, 2.45) is 0 Å². The van der Waals surface area contributed by atoms with Crippen LogP contribution in [0.1, 0.15) is 41.7 Å². The lowest BCUT2D eigenvalue weighted by Gasteiger charge is -2.14. The van der Waals surface area contributed by atoms with Crippen molar-refractivity contribution in [1.29, 1.82) is 0 Å². The van der Waals surface area contributed by atoms with Crippen LogP contribution in [-0.2, 0) is 6.54 Å². The summed E-state index contributed by atoms with van der Waals surface area (Å²) < 4.78 is 0. The van der Waals surface area contributed by atoms with E-state index in [2.05, 4.69) is 15.6 Å². The number of nitrogens with zero attached hydrogens (tertiary/aromatic N) is 1. The fourth-order valence-electron chi connectivity index (χ4n) is 2.86. The van der Waals surface area contributed by atoms with Crippen LogP contribution in [0.3, 0.4) is 0 Å². The Morgan fingerprint density at radius 1 is 1.22 bits per heavy atom. The zero-order valence-corrected chi connectivity index (χ0v) is 13.6. The van der Waals surface area contributed by atoms with Gasteiger partial charge in [-0.15, -0.1) is 0 Å². The number of halogens is 1. The molecule has 1 aromatic heterocycles. The van der Waals surface area contributed by atoms with E-state index >= 15 is 0 Å². The maximum Gasteiger partial charge on any atom is 0.270 e. The van der Waals surface area contributed by atoms with Gasteiger partial charge in [0, 0.05) is 29.5 Å². The largest absolute Gasteiger partial charge is 0.382 e. The summed E-state index contributed by atoms with van der Waals surface area (Å²) >= 11 is 6.10. The third-order valence-electron chi connectivity index (χ3n) is 4.12. The van der Waals surface area contributed by atoms with E-state index in [1.165, 1.54) is 25.7 Å². The molecule has 0 spiro atoms. The molecule has 0 atom stereocenters.